The number of carbonyl (C=O) groups excluding carboxylic acids is 1. The van der Waals surface area contributed by atoms with Gasteiger partial charge in [0.25, 0.3) is 5.91 Å². The molecule has 0 aromatic heterocycles. The van der Waals surface area contributed by atoms with E-state index < -0.39 is 0 Å². The van der Waals surface area contributed by atoms with Crippen molar-refractivity contribution < 1.29 is 9.90 Å². The summed E-state index contributed by atoms with van der Waals surface area (Å²) in [6, 6.07) is 5.95. The summed E-state index contributed by atoms with van der Waals surface area (Å²) in [5, 5.41) is 12.3. The molecular weight excluding hydrogens is 264 g/mol. The molecule has 0 radical (unpaired) electrons. The molecule has 1 aromatic carbocycles. The lowest BCUT2D eigenvalue weighted by Gasteiger charge is -2.18. The van der Waals surface area contributed by atoms with E-state index in [1.54, 1.807) is 0 Å². The van der Waals surface area contributed by atoms with Crippen molar-refractivity contribution in [1.82, 2.24) is 4.90 Å². The third kappa shape index (κ3) is 3.97. The first kappa shape index (κ1) is 15.8. The van der Waals surface area contributed by atoms with Gasteiger partial charge in [-0.1, -0.05) is 6.92 Å². The third-order valence-corrected chi connectivity index (χ3v) is 4.15. The molecule has 1 atom stereocenters. The molecule has 1 fully saturated rings. The number of benzene rings is 1. The maximum atomic E-state index is 12.6. The van der Waals surface area contributed by atoms with Crippen LogP contribution >= 0.6 is 0 Å². The number of carbonyl (C=O) groups is 1. The Kier molecular flexibility index (Phi) is 5.62. The fourth-order valence-corrected chi connectivity index (χ4v) is 2.89. The summed E-state index contributed by atoms with van der Waals surface area (Å²) in [6.45, 7) is 6.86. The summed E-state index contributed by atoms with van der Waals surface area (Å²) in [5.41, 5.74) is 2.89. The smallest absolute Gasteiger partial charge is 0.254 e. The van der Waals surface area contributed by atoms with Gasteiger partial charge in [0.1, 0.15) is 0 Å². The Bertz CT molecular complexity index is 488. The molecule has 1 saturated heterocycles. The number of nitrogens with one attached hydrogen (secondary N) is 1. The minimum atomic E-state index is 0.120. The van der Waals surface area contributed by atoms with E-state index in [-0.39, 0.29) is 12.5 Å². The fourth-order valence-electron chi connectivity index (χ4n) is 2.89. The van der Waals surface area contributed by atoms with Crippen LogP contribution in [0.4, 0.5) is 5.69 Å². The molecule has 0 saturated carbocycles. The van der Waals surface area contributed by atoms with Crippen LogP contribution in [0.2, 0.25) is 0 Å². The molecule has 4 nitrogen and oxygen atoms in total. The predicted octanol–water partition coefficient (Wildman–Crippen LogP) is 2.66. The number of hydrogen-bond acceptors (Lipinski definition) is 3. The Hall–Kier alpha value is -1.55. The summed E-state index contributed by atoms with van der Waals surface area (Å²) >= 11 is 0. The monoisotopic (exact) mass is 290 g/mol. The number of rotatable bonds is 6. The van der Waals surface area contributed by atoms with Crippen molar-refractivity contribution in [3.8, 4) is 0 Å². The highest BCUT2D eigenvalue weighted by Gasteiger charge is 2.27. The van der Waals surface area contributed by atoms with Gasteiger partial charge in [0, 0.05) is 37.5 Å². The fraction of sp³-hybridized carbons (Fsp3) is 0.588. The van der Waals surface area contributed by atoms with Crippen molar-refractivity contribution in [3.05, 3.63) is 29.3 Å². The van der Waals surface area contributed by atoms with Crippen LogP contribution in [0.15, 0.2) is 18.2 Å². The summed E-state index contributed by atoms with van der Waals surface area (Å²) < 4.78 is 0. The van der Waals surface area contributed by atoms with E-state index in [4.69, 9.17) is 5.11 Å². The van der Waals surface area contributed by atoms with Gasteiger partial charge < -0.3 is 15.3 Å². The number of hydrogen-bond donors (Lipinski definition) is 2. The minimum Gasteiger partial charge on any atom is -0.396 e. The molecule has 1 amide bonds. The predicted molar refractivity (Wildman–Crippen MR) is 85.7 cm³/mol. The van der Waals surface area contributed by atoms with Crippen LogP contribution in [-0.4, -0.2) is 42.2 Å². The lowest BCUT2D eigenvalue weighted by Crippen LogP contribution is -2.29. The molecule has 1 heterocycles. The lowest BCUT2D eigenvalue weighted by molar-refractivity contribution is 0.0784. The lowest BCUT2D eigenvalue weighted by atomic mass is 10.1. The highest BCUT2D eigenvalue weighted by atomic mass is 16.3. The van der Waals surface area contributed by atoms with Crippen molar-refractivity contribution in [2.24, 2.45) is 5.92 Å². The zero-order valence-corrected chi connectivity index (χ0v) is 13.1. The number of amides is 1. The van der Waals surface area contributed by atoms with Crippen LogP contribution < -0.4 is 5.32 Å². The summed E-state index contributed by atoms with van der Waals surface area (Å²) in [4.78, 5) is 14.5. The Balaban J connectivity index is 2.02. The van der Waals surface area contributed by atoms with Gasteiger partial charge >= 0.3 is 0 Å². The van der Waals surface area contributed by atoms with E-state index in [1.807, 2.05) is 30.0 Å². The molecule has 0 aliphatic carbocycles. The topological polar surface area (TPSA) is 52.6 Å². The van der Waals surface area contributed by atoms with Crippen molar-refractivity contribution in [2.45, 2.75) is 33.1 Å². The second-order valence-corrected chi connectivity index (χ2v) is 5.87. The largest absolute Gasteiger partial charge is 0.396 e. The minimum absolute atomic E-state index is 0.120. The van der Waals surface area contributed by atoms with E-state index in [1.165, 1.54) is 0 Å². The quantitative estimate of drug-likeness (QED) is 0.847. The molecule has 1 aromatic rings. The Labute approximate surface area is 127 Å². The van der Waals surface area contributed by atoms with Crippen molar-refractivity contribution in [1.29, 1.82) is 0 Å². The zero-order chi connectivity index (χ0) is 15.2. The molecule has 4 heteroatoms. The second kappa shape index (κ2) is 7.46. The molecule has 116 valence electrons. The maximum absolute atomic E-state index is 12.6. The van der Waals surface area contributed by atoms with Gasteiger partial charge in [-0.25, -0.2) is 0 Å². The molecule has 1 aliphatic heterocycles. The number of anilines is 1. The first-order valence-electron chi connectivity index (χ1n) is 7.90. The molecule has 0 spiro atoms. The van der Waals surface area contributed by atoms with E-state index >= 15 is 0 Å². The molecule has 1 aliphatic rings. The van der Waals surface area contributed by atoms with Gasteiger partial charge in [0.05, 0.1) is 0 Å². The van der Waals surface area contributed by atoms with Crippen LogP contribution in [0.1, 0.15) is 42.1 Å². The van der Waals surface area contributed by atoms with E-state index in [0.29, 0.717) is 5.92 Å². The normalized spacial score (nSPS) is 18.0. The standard InChI is InChI=1S/C17H26N2O2/c1-3-8-18-15-4-5-16(13(2)11-15)17(21)19-9-6-14(12-19)7-10-20/h4-5,11,14,18,20H,3,6-10,12H2,1-2H3. The molecule has 21 heavy (non-hydrogen) atoms. The van der Waals surface area contributed by atoms with Gasteiger partial charge in [0.15, 0.2) is 0 Å². The van der Waals surface area contributed by atoms with Crippen LogP contribution in [0.3, 0.4) is 0 Å². The highest BCUT2D eigenvalue weighted by Crippen LogP contribution is 2.23. The highest BCUT2D eigenvalue weighted by molar-refractivity contribution is 5.96. The first-order chi connectivity index (χ1) is 10.2. The van der Waals surface area contributed by atoms with Crippen LogP contribution in [-0.2, 0) is 0 Å². The number of aryl methyl sites for hydroxylation is 1. The average Bonchev–Trinajstić information content (AvgIpc) is 2.93. The number of aliphatic hydroxyl groups excluding tert-OH is 1. The van der Waals surface area contributed by atoms with Crippen LogP contribution in [0.5, 0.6) is 0 Å². The number of likely N-dealkylation sites (tertiary alicyclic amines) is 1. The van der Waals surface area contributed by atoms with Crippen LogP contribution in [0.25, 0.3) is 0 Å². The third-order valence-electron chi connectivity index (χ3n) is 4.15. The Morgan fingerprint density at radius 1 is 1.48 bits per heavy atom. The van der Waals surface area contributed by atoms with Gasteiger partial charge in [-0.3, -0.25) is 4.79 Å². The molecular formula is C17H26N2O2. The summed E-state index contributed by atoms with van der Waals surface area (Å²) in [6.07, 6.45) is 2.88. The second-order valence-electron chi connectivity index (χ2n) is 5.87. The van der Waals surface area contributed by atoms with Gasteiger partial charge in [-0.15, -0.1) is 0 Å². The zero-order valence-electron chi connectivity index (χ0n) is 13.1. The van der Waals surface area contributed by atoms with Gasteiger partial charge in [0.2, 0.25) is 0 Å². The van der Waals surface area contributed by atoms with Crippen molar-refractivity contribution in [2.75, 3.05) is 31.6 Å². The average molecular weight is 290 g/mol. The van der Waals surface area contributed by atoms with E-state index in [2.05, 4.69) is 12.2 Å². The van der Waals surface area contributed by atoms with Crippen molar-refractivity contribution >= 4 is 11.6 Å². The molecule has 2 N–H and O–H groups in total. The van der Waals surface area contributed by atoms with Gasteiger partial charge in [-0.2, -0.15) is 0 Å². The number of nitrogens with zero attached hydrogens (tertiary/aromatic N) is 1. The van der Waals surface area contributed by atoms with Gasteiger partial charge in [-0.05, 0) is 55.9 Å². The van der Waals surface area contributed by atoms with Crippen LogP contribution in [0, 0.1) is 12.8 Å². The van der Waals surface area contributed by atoms with E-state index in [9.17, 15) is 4.79 Å². The summed E-state index contributed by atoms with van der Waals surface area (Å²) in [5.74, 6) is 0.569. The maximum Gasteiger partial charge on any atom is 0.254 e. The molecule has 1 unspecified atom stereocenters. The first-order valence-corrected chi connectivity index (χ1v) is 7.90. The Morgan fingerprint density at radius 3 is 2.95 bits per heavy atom. The number of aliphatic hydroxyl groups is 1. The SMILES string of the molecule is CCCNc1ccc(C(=O)N2CCC(CCO)C2)c(C)c1. The van der Waals surface area contributed by atoms with E-state index in [0.717, 1.165) is 55.7 Å². The van der Waals surface area contributed by atoms with Crippen molar-refractivity contribution in [3.63, 3.8) is 0 Å². The molecule has 0 bridgehead atoms. The Morgan fingerprint density at radius 2 is 2.29 bits per heavy atom. The summed E-state index contributed by atoms with van der Waals surface area (Å²) in [7, 11) is 0. The molecule has 2 rings (SSSR count).